The average molecular weight is 495 g/mol. The van der Waals surface area contributed by atoms with Crippen LogP contribution in [0.25, 0.3) is 22.3 Å². The van der Waals surface area contributed by atoms with Gasteiger partial charge in [-0.25, -0.2) is 9.78 Å². The number of phenols is 1. The normalized spacial score (nSPS) is 20.0. The van der Waals surface area contributed by atoms with Gasteiger partial charge in [0.25, 0.3) is 11.8 Å². The summed E-state index contributed by atoms with van der Waals surface area (Å²) in [5, 5.41) is 34.5. The predicted molar refractivity (Wildman–Crippen MR) is 126 cm³/mol. The minimum Gasteiger partial charge on any atom is -0.507 e. The van der Waals surface area contributed by atoms with Crippen LogP contribution >= 0.6 is 0 Å². The largest absolute Gasteiger partial charge is 0.507 e. The third-order valence-electron chi connectivity index (χ3n) is 6.66. The van der Waals surface area contributed by atoms with Crippen molar-refractivity contribution in [3.63, 3.8) is 0 Å². The number of cyclic esters (lactones) is 1. The number of hydrogen-bond donors (Lipinski definition) is 4. The molecule has 2 atom stereocenters. The number of aromatic hydroxyl groups is 1. The maximum absolute atomic E-state index is 13.6. The van der Waals surface area contributed by atoms with Gasteiger partial charge in [0.15, 0.2) is 5.60 Å². The number of aromatic nitrogens is 2. The second kappa shape index (κ2) is 8.70. The van der Waals surface area contributed by atoms with E-state index in [1.807, 2.05) is 0 Å². The first-order valence-corrected chi connectivity index (χ1v) is 11.5. The molecule has 4 N–H and O–H groups in total. The number of esters is 2. The van der Waals surface area contributed by atoms with Crippen LogP contribution in [-0.2, 0) is 37.8 Å². The van der Waals surface area contributed by atoms with Crippen LogP contribution in [0, 0.1) is 0 Å². The molecule has 0 saturated carbocycles. The van der Waals surface area contributed by atoms with E-state index in [9.17, 15) is 24.6 Å². The van der Waals surface area contributed by atoms with E-state index in [-0.39, 0.29) is 36.4 Å². The smallest absolute Gasteiger partial charge is 0.346 e. The van der Waals surface area contributed by atoms with E-state index in [0.29, 0.717) is 46.5 Å². The lowest BCUT2D eigenvalue weighted by molar-refractivity contribution is -0.210. The lowest BCUT2D eigenvalue weighted by Gasteiger charge is -2.35. The Balaban J connectivity index is 1.67. The predicted octanol–water partition coefficient (Wildman–Crippen LogP) is 0.929. The van der Waals surface area contributed by atoms with Crippen molar-refractivity contribution in [3.8, 4) is 17.1 Å². The number of carbonyl (C=O) groups excluding carboxylic acids is 2. The molecule has 2 aromatic heterocycles. The van der Waals surface area contributed by atoms with Crippen LogP contribution in [0.3, 0.4) is 0 Å². The molecule has 0 spiro atoms. The highest BCUT2D eigenvalue weighted by Gasteiger charge is 2.50. The lowest BCUT2D eigenvalue weighted by Crippen LogP contribution is -2.46. The summed E-state index contributed by atoms with van der Waals surface area (Å²) in [5.74, 6) is -1.71. The van der Waals surface area contributed by atoms with Crippen LogP contribution < -0.4 is 10.9 Å². The van der Waals surface area contributed by atoms with E-state index in [1.54, 1.807) is 25.1 Å². The third kappa shape index (κ3) is 3.55. The molecule has 0 bridgehead atoms. The summed E-state index contributed by atoms with van der Waals surface area (Å²) in [7, 11) is 0. The molecule has 1 aromatic carbocycles. The Kier molecular flexibility index (Phi) is 5.78. The van der Waals surface area contributed by atoms with E-state index in [4.69, 9.17) is 14.6 Å². The highest BCUT2D eigenvalue weighted by Crippen LogP contribution is 2.42. The number of rotatable bonds is 6. The Morgan fingerprint density at radius 2 is 2.11 bits per heavy atom. The Labute approximate surface area is 204 Å². The number of aliphatic hydroxyl groups excluding tert-OH is 1. The number of benzene rings is 1. The molecule has 11 heteroatoms. The summed E-state index contributed by atoms with van der Waals surface area (Å²) >= 11 is 0. The van der Waals surface area contributed by atoms with Gasteiger partial charge in [-0.1, -0.05) is 13.0 Å². The molecule has 0 saturated heterocycles. The molecule has 4 heterocycles. The minimum atomic E-state index is -2.09. The summed E-state index contributed by atoms with van der Waals surface area (Å²) in [5.41, 5.74) is -0.0899. The summed E-state index contributed by atoms with van der Waals surface area (Å²) in [6.45, 7) is 3.54. The molecule has 36 heavy (non-hydrogen) atoms. The van der Waals surface area contributed by atoms with Gasteiger partial charge < -0.3 is 34.7 Å². The molecule has 0 aliphatic carbocycles. The first kappa shape index (κ1) is 23.9. The van der Waals surface area contributed by atoms with Gasteiger partial charge in [0, 0.05) is 42.1 Å². The molecule has 3 aromatic rings. The van der Waals surface area contributed by atoms with Crippen LogP contribution in [-0.4, -0.2) is 50.0 Å². The van der Waals surface area contributed by atoms with Crippen molar-refractivity contribution in [2.45, 2.75) is 45.2 Å². The minimum absolute atomic E-state index is 0.0200. The van der Waals surface area contributed by atoms with Crippen molar-refractivity contribution in [3.05, 3.63) is 56.9 Å². The van der Waals surface area contributed by atoms with Gasteiger partial charge in [0.2, 0.25) is 0 Å². The molecular weight excluding hydrogens is 470 g/mol. The average Bonchev–Trinajstić information content (AvgIpc) is 3.20. The molecule has 188 valence electrons. The topological polar surface area (TPSA) is 160 Å². The van der Waals surface area contributed by atoms with Crippen LogP contribution in [0.1, 0.15) is 48.8 Å². The summed E-state index contributed by atoms with van der Waals surface area (Å²) in [4.78, 5) is 42.6. The van der Waals surface area contributed by atoms with Crippen molar-refractivity contribution in [1.82, 2.24) is 14.9 Å². The van der Waals surface area contributed by atoms with Gasteiger partial charge in [-0.15, -0.1) is 0 Å². The van der Waals surface area contributed by atoms with Crippen LogP contribution in [0.15, 0.2) is 29.1 Å². The van der Waals surface area contributed by atoms with Crippen molar-refractivity contribution >= 4 is 22.8 Å². The van der Waals surface area contributed by atoms with Gasteiger partial charge in [-0.2, -0.15) is 0 Å². The summed E-state index contributed by atoms with van der Waals surface area (Å²) in [6.07, 6.45) is -1.64. The standard InChI is InChI=1S/C25H25N3O8/c1-3-25(34)16-9-18-20-14(8-15-17(27-20)5-4-13(21(15)31)10-26-6-7-29)11-28(18)22(32)19(16)23(35-12(2)30)36-24(25)33/h4-5,8-9,23,26,29,31,34H,3,6-7,10-11H2,1-2H3/t23?,25-/m0/s1. The Hall–Kier alpha value is -3.80. The number of pyridine rings is 2. The molecule has 0 fully saturated rings. The molecule has 11 nitrogen and oxygen atoms in total. The monoisotopic (exact) mass is 495 g/mol. The number of nitrogens with zero attached hydrogens (tertiary/aromatic N) is 2. The number of carbonyl (C=O) groups is 2. The van der Waals surface area contributed by atoms with E-state index in [1.165, 1.54) is 10.6 Å². The fourth-order valence-corrected chi connectivity index (χ4v) is 4.79. The molecule has 2 aliphatic heterocycles. The maximum atomic E-state index is 13.6. The number of phenolic OH excluding ortho intramolecular Hbond substituents is 1. The number of fused-ring (bicyclic) bond motifs is 5. The zero-order valence-corrected chi connectivity index (χ0v) is 19.7. The number of hydrogen-bond acceptors (Lipinski definition) is 10. The van der Waals surface area contributed by atoms with Gasteiger partial charge in [-0.3, -0.25) is 9.59 Å². The second-order valence-electron chi connectivity index (χ2n) is 8.85. The highest BCUT2D eigenvalue weighted by molar-refractivity contribution is 5.90. The Bertz CT molecular complexity index is 1480. The Morgan fingerprint density at radius 3 is 2.81 bits per heavy atom. The first-order chi connectivity index (χ1) is 17.2. The van der Waals surface area contributed by atoms with E-state index in [0.717, 1.165) is 6.92 Å². The second-order valence-corrected chi connectivity index (χ2v) is 8.85. The van der Waals surface area contributed by atoms with Crippen LogP contribution in [0.5, 0.6) is 5.75 Å². The van der Waals surface area contributed by atoms with E-state index in [2.05, 4.69) is 10.3 Å². The fourth-order valence-electron chi connectivity index (χ4n) is 4.79. The highest BCUT2D eigenvalue weighted by atomic mass is 16.7. The van der Waals surface area contributed by atoms with Gasteiger partial charge in [-0.05, 0) is 24.6 Å². The molecule has 0 radical (unpaired) electrons. The van der Waals surface area contributed by atoms with Crippen LogP contribution in [0.2, 0.25) is 0 Å². The quantitative estimate of drug-likeness (QED) is 0.224. The van der Waals surface area contributed by atoms with E-state index < -0.39 is 29.4 Å². The fraction of sp³-hybridized carbons (Fsp3) is 0.360. The lowest BCUT2D eigenvalue weighted by atomic mass is 9.85. The van der Waals surface area contributed by atoms with Gasteiger partial charge in [0.1, 0.15) is 11.3 Å². The molecule has 0 amide bonds. The molecule has 1 unspecified atom stereocenters. The van der Waals surface area contributed by atoms with E-state index >= 15 is 0 Å². The summed E-state index contributed by atoms with van der Waals surface area (Å²) < 4.78 is 11.7. The number of aliphatic hydroxyl groups is 2. The van der Waals surface area contributed by atoms with Crippen molar-refractivity contribution in [1.29, 1.82) is 0 Å². The molecular formula is C25H25N3O8. The number of ether oxygens (including phenoxy) is 2. The molecule has 5 rings (SSSR count). The molecule has 2 aliphatic rings. The third-order valence-corrected chi connectivity index (χ3v) is 6.66. The van der Waals surface area contributed by atoms with Crippen LogP contribution in [0.4, 0.5) is 0 Å². The SMILES string of the molecule is CC[C@@]1(O)C(=O)OC(OC(C)=O)c2c1cc1n(c2=O)Cc2cc3c(O)c(CNCCO)ccc3nc2-1. The van der Waals surface area contributed by atoms with Gasteiger partial charge >= 0.3 is 11.9 Å². The van der Waals surface area contributed by atoms with Crippen molar-refractivity contribution in [2.24, 2.45) is 0 Å². The summed E-state index contributed by atoms with van der Waals surface area (Å²) in [6, 6.07) is 6.76. The zero-order valence-electron chi connectivity index (χ0n) is 19.7. The van der Waals surface area contributed by atoms with Gasteiger partial charge in [0.05, 0.1) is 30.1 Å². The number of nitrogens with one attached hydrogen (secondary N) is 1. The van der Waals surface area contributed by atoms with Crippen molar-refractivity contribution in [2.75, 3.05) is 13.2 Å². The van der Waals surface area contributed by atoms with Crippen molar-refractivity contribution < 1.29 is 34.4 Å². The first-order valence-electron chi connectivity index (χ1n) is 11.5. The zero-order chi connectivity index (χ0) is 25.8. The Morgan fingerprint density at radius 1 is 1.33 bits per heavy atom. The maximum Gasteiger partial charge on any atom is 0.346 e.